The highest BCUT2D eigenvalue weighted by Gasteiger charge is 2.41. The second-order valence-corrected chi connectivity index (χ2v) is 6.04. The van der Waals surface area contributed by atoms with Crippen LogP contribution in [0.5, 0.6) is 0 Å². The Morgan fingerprint density at radius 3 is 2.32 bits per heavy atom. The molecule has 2 rings (SSSR count). The molecular formula is C15H19NO3. The van der Waals surface area contributed by atoms with Crippen molar-refractivity contribution in [1.29, 1.82) is 0 Å². The van der Waals surface area contributed by atoms with Crippen molar-refractivity contribution in [1.82, 2.24) is 5.32 Å². The third kappa shape index (κ3) is 2.62. The monoisotopic (exact) mass is 261 g/mol. The fourth-order valence-corrected chi connectivity index (χ4v) is 2.45. The quantitative estimate of drug-likeness (QED) is 0.799. The summed E-state index contributed by atoms with van der Waals surface area (Å²) in [5.74, 6) is -2.70. The van der Waals surface area contributed by atoms with E-state index in [2.05, 4.69) is 26.1 Å². The molecule has 0 aliphatic carbocycles. The molecule has 1 aliphatic heterocycles. The van der Waals surface area contributed by atoms with Gasteiger partial charge in [-0.05, 0) is 16.5 Å². The highest BCUT2D eigenvalue weighted by atomic mass is 16.4. The lowest BCUT2D eigenvalue weighted by Gasteiger charge is -2.20. The molecule has 1 heterocycles. The Kier molecular flexibility index (Phi) is 3.35. The molecule has 102 valence electrons. The number of hydrogen-bond donors (Lipinski definition) is 2. The van der Waals surface area contributed by atoms with Gasteiger partial charge in [0.25, 0.3) is 0 Å². The van der Waals surface area contributed by atoms with Crippen LogP contribution in [0.4, 0.5) is 0 Å². The second-order valence-electron chi connectivity index (χ2n) is 6.04. The van der Waals surface area contributed by atoms with E-state index in [0.717, 1.165) is 5.56 Å². The van der Waals surface area contributed by atoms with Gasteiger partial charge in [0.1, 0.15) is 5.92 Å². The van der Waals surface area contributed by atoms with E-state index in [0.29, 0.717) is 6.54 Å². The fraction of sp³-hybridized carbons (Fsp3) is 0.467. The van der Waals surface area contributed by atoms with E-state index in [1.54, 1.807) is 0 Å². The summed E-state index contributed by atoms with van der Waals surface area (Å²) in [6, 6.07) is 7.89. The molecule has 4 nitrogen and oxygen atoms in total. The lowest BCUT2D eigenvalue weighted by molar-refractivity contribution is -0.145. The van der Waals surface area contributed by atoms with Crippen molar-refractivity contribution in [2.75, 3.05) is 6.54 Å². The molecule has 1 aliphatic rings. The predicted molar refractivity (Wildman–Crippen MR) is 72.0 cm³/mol. The third-order valence-corrected chi connectivity index (χ3v) is 3.65. The molecule has 2 N–H and O–H groups in total. The molecule has 1 saturated heterocycles. The van der Waals surface area contributed by atoms with E-state index in [1.165, 1.54) is 5.56 Å². The van der Waals surface area contributed by atoms with Crippen LogP contribution in [0.3, 0.4) is 0 Å². The Balaban J connectivity index is 2.28. The maximum atomic E-state index is 11.5. The number of aliphatic carboxylic acids is 1. The van der Waals surface area contributed by atoms with Crippen molar-refractivity contribution in [2.24, 2.45) is 5.92 Å². The Bertz CT molecular complexity index is 499. The van der Waals surface area contributed by atoms with Crippen molar-refractivity contribution in [3.63, 3.8) is 0 Å². The van der Waals surface area contributed by atoms with Gasteiger partial charge in [0.15, 0.2) is 0 Å². The van der Waals surface area contributed by atoms with Gasteiger partial charge in [-0.2, -0.15) is 0 Å². The molecule has 1 fully saturated rings. The van der Waals surface area contributed by atoms with Gasteiger partial charge in [-0.1, -0.05) is 45.0 Å². The molecule has 4 heteroatoms. The maximum absolute atomic E-state index is 11.5. The Morgan fingerprint density at radius 1 is 1.26 bits per heavy atom. The molecule has 0 saturated carbocycles. The summed E-state index contributed by atoms with van der Waals surface area (Å²) in [5.41, 5.74) is 2.16. The average Bonchev–Trinajstić information content (AvgIpc) is 2.70. The number of nitrogens with one attached hydrogen (secondary N) is 1. The zero-order valence-corrected chi connectivity index (χ0v) is 11.4. The van der Waals surface area contributed by atoms with E-state index in [1.807, 2.05) is 24.3 Å². The van der Waals surface area contributed by atoms with Gasteiger partial charge in [0, 0.05) is 12.5 Å². The maximum Gasteiger partial charge on any atom is 0.316 e. The number of carboxylic acid groups (broad SMARTS) is 1. The second kappa shape index (κ2) is 4.68. The van der Waals surface area contributed by atoms with Crippen LogP contribution < -0.4 is 5.32 Å². The lowest BCUT2D eigenvalue weighted by atomic mass is 9.83. The molecule has 0 spiro atoms. The molecule has 0 aromatic heterocycles. The molecule has 0 radical (unpaired) electrons. The smallest absolute Gasteiger partial charge is 0.316 e. The number of carboxylic acids is 1. The highest BCUT2D eigenvalue weighted by Crippen LogP contribution is 2.31. The third-order valence-electron chi connectivity index (χ3n) is 3.65. The van der Waals surface area contributed by atoms with E-state index in [-0.39, 0.29) is 11.3 Å². The number of hydrogen-bond acceptors (Lipinski definition) is 2. The Labute approximate surface area is 112 Å². The van der Waals surface area contributed by atoms with Crippen LogP contribution in [0.25, 0.3) is 0 Å². The summed E-state index contributed by atoms with van der Waals surface area (Å²) in [6.45, 7) is 6.78. The molecule has 19 heavy (non-hydrogen) atoms. The van der Waals surface area contributed by atoms with Gasteiger partial charge in [-0.25, -0.2) is 0 Å². The minimum absolute atomic E-state index is 0.0640. The van der Waals surface area contributed by atoms with Crippen molar-refractivity contribution in [3.8, 4) is 0 Å². The first-order valence-corrected chi connectivity index (χ1v) is 6.41. The van der Waals surface area contributed by atoms with Crippen LogP contribution in [-0.4, -0.2) is 23.5 Å². The molecular weight excluding hydrogens is 242 g/mol. The number of carbonyl (C=O) groups excluding carboxylic acids is 1. The van der Waals surface area contributed by atoms with Crippen LogP contribution in [0.15, 0.2) is 24.3 Å². The van der Waals surface area contributed by atoms with Crippen LogP contribution in [0.2, 0.25) is 0 Å². The van der Waals surface area contributed by atoms with Crippen LogP contribution in [0, 0.1) is 5.92 Å². The summed E-state index contributed by atoms with van der Waals surface area (Å²) in [7, 11) is 0. The fourth-order valence-electron chi connectivity index (χ4n) is 2.45. The van der Waals surface area contributed by atoms with E-state index >= 15 is 0 Å². The van der Waals surface area contributed by atoms with Crippen molar-refractivity contribution in [2.45, 2.75) is 32.1 Å². The summed E-state index contributed by atoms with van der Waals surface area (Å²) < 4.78 is 0. The Morgan fingerprint density at radius 2 is 1.84 bits per heavy atom. The van der Waals surface area contributed by atoms with Gasteiger partial charge in [-0.15, -0.1) is 0 Å². The van der Waals surface area contributed by atoms with Gasteiger partial charge < -0.3 is 10.4 Å². The summed E-state index contributed by atoms with van der Waals surface area (Å²) in [6.07, 6.45) is 0. The van der Waals surface area contributed by atoms with E-state index in [4.69, 9.17) is 5.11 Å². The molecule has 0 bridgehead atoms. The van der Waals surface area contributed by atoms with Gasteiger partial charge in [0.2, 0.25) is 5.91 Å². The lowest BCUT2D eigenvalue weighted by Crippen LogP contribution is -2.26. The molecule has 1 aromatic carbocycles. The SMILES string of the molecule is CC(C)(C)c1ccc([C@H]2CNC(=O)[C@@H]2C(=O)O)cc1. The predicted octanol–water partition coefficient (Wildman–Crippen LogP) is 1.90. The van der Waals surface area contributed by atoms with E-state index < -0.39 is 17.8 Å². The number of carbonyl (C=O) groups is 2. The topological polar surface area (TPSA) is 66.4 Å². The summed E-state index contributed by atoms with van der Waals surface area (Å²) in [5, 5.41) is 11.8. The normalized spacial score (nSPS) is 23.2. The van der Waals surface area contributed by atoms with Crippen LogP contribution in [0.1, 0.15) is 37.8 Å². The molecule has 1 amide bonds. The minimum atomic E-state index is -1.06. The van der Waals surface area contributed by atoms with E-state index in [9.17, 15) is 9.59 Å². The zero-order chi connectivity index (χ0) is 14.2. The average molecular weight is 261 g/mol. The highest BCUT2D eigenvalue weighted by molar-refractivity contribution is 5.99. The minimum Gasteiger partial charge on any atom is -0.481 e. The van der Waals surface area contributed by atoms with Gasteiger partial charge >= 0.3 is 5.97 Å². The van der Waals surface area contributed by atoms with Gasteiger partial charge in [0.05, 0.1) is 0 Å². The van der Waals surface area contributed by atoms with Crippen molar-refractivity contribution in [3.05, 3.63) is 35.4 Å². The first-order valence-electron chi connectivity index (χ1n) is 6.41. The Hall–Kier alpha value is -1.84. The standard InChI is InChI=1S/C15H19NO3/c1-15(2,3)10-6-4-9(5-7-10)11-8-16-13(17)12(11)14(18)19/h4-7,11-12H,8H2,1-3H3,(H,16,17)(H,18,19)/t11-,12-/m1/s1. The molecule has 2 atom stereocenters. The first kappa shape index (κ1) is 13.6. The van der Waals surface area contributed by atoms with Gasteiger partial charge in [-0.3, -0.25) is 9.59 Å². The van der Waals surface area contributed by atoms with Crippen LogP contribution in [-0.2, 0) is 15.0 Å². The zero-order valence-electron chi connectivity index (χ0n) is 11.4. The number of benzene rings is 1. The van der Waals surface area contributed by atoms with Crippen molar-refractivity contribution >= 4 is 11.9 Å². The largest absolute Gasteiger partial charge is 0.481 e. The molecule has 0 unspecified atom stereocenters. The van der Waals surface area contributed by atoms with Crippen molar-refractivity contribution < 1.29 is 14.7 Å². The first-order chi connectivity index (χ1) is 8.80. The van der Waals surface area contributed by atoms with Crippen LogP contribution >= 0.6 is 0 Å². The summed E-state index contributed by atoms with van der Waals surface area (Å²) in [4.78, 5) is 22.7. The molecule has 1 aromatic rings. The number of amides is 1. The summed E-state index contributed by atoms with van der Waals surface area (Å²) >= 11 is 0. The number of rotatable bonds is 2.